The average Bonchev–Trinajstić information content (AvgIpc) is 0.912. The van der Waals surface area contributed by atoms with E-state index in [0.29, 0.717) is 25.7 Å². The van der Waals surface area contributed by atoms with Crippen molar-refractivity contribution in [2.75, 3.05) is 39.6 Å². The topological polar surface area (TPSA) is 237 Å². The zero-order chi connectivity index (χ0) is 76.0. The van der Waals surface area contributed by atoms with E-state index in [4.69, 9.17) is 37.0 Å². The van der Waals surface area contributed by atoms with Gasteiger partial charge in [-0.2, -0.15) is 0 Å². The molecule has 0 spiro atoms. The average molecular weight is 1510 g/mol. The van der Waals surface area contributed by atoms with Crippen LogP contribution in [0.1, 0.15) is 387 Å². The van der Waals surface area contributed by atoms with Crippen LogP contribution in [0.5, 0.6) is 0 Å². The zero-order valence-corrected chi connectivity index (χ0v) is 68.2. The molecule has 0 saturated carbocycles. The summed E-state index contributed by atoms with van der Waals surface area (Å²) in [7, 11) is -9.95. The highest BCUT2D eigenvalue weighted by Gasteiger charge is 2.30. The van der Waals surface area contributed by atoms with Gasteiger partial charge in [-0.15, -0.1) is 0 Å². The van der Waals surface area contributed by atoms with Crippen molar-refractivity contribution in [3.63, 3.8) is 0 Å². The number of hydrogen-bond acceptors (Lipinski definition) is 15. The summed E-state index contributed by atoms with van der Waals surface area (Å²) in [4.78, 5) is 73.2. The second-order valence-corrected chi connectivity index (χ2v) is 31.3. The van der Waals surface area contributed by atoms with Crippen LogP contribution in [0.3, 0.4) is 0 Å². The minimum atomic E-state index is -4.98. The fraction of sp³-hybridized carbons (Fsp3) is 0.812. The van der Waals surface area contributed by atoms with Crippen LogP contribution in [0.4, 0.5) is 0 Å². The molecule has 5 atom stereocenters. The van der Waals surface area contributed by atoms with Gasteiger partial charge in [-0.25, -0.2) is 9.13 Å². The van der Waals surface area contributed by atoms with E-state index in [9.17, 15) is 43.2 Å². The predicted molar refractivity (Wildman–Crippen MR) is 427 cm³/mol. The molecular formula is C85H154O17P2. The summed E-state index contributed by atoms with van der Waals surface area (Å²) in [5.74, 6) is -2.17. The lowest BCUT2D eigenvalue weighted by Gasteiger charge is -2.21. The number of phosphoric acid groups is 2. The molecule has 0 heterocycles. The second kappa shape index (κ2) is 77.7. The van der Waals surface area contributed by atoms with Crippen molar-refractivity contribution >= 4 is 39.5 Å². The van der Waals surface area contributed by atoms with Gasteiger partial charge in [0.05, 0.1) is 26.4 Å². The van der Waals surface area contributed by atoms with Crippen molar-refractivity contribution in [2.45, 2.75) is 406 Å². The summed E-state index contributed by atoms with van der Waals surface area (Å²) in [5.41, 5.74) is 0. The normalized spacial score (nSPS) is 14.2. The second-order valence-electron chi connectivity index (χ2n) is 28.4. The van der Waals surface area contributed by atoms with Crippen LogP contribution in [0.25, 0.3) is 0 Å². The molecule has 3 N–H and O–H groups in total. The van der Waals surface area contributed by atoms with E-state index >= 15 is 0 Å². The molecule has 0 aliphatic carbocycles. The van der Waals surface area contributed by atoms with Crippen LogP contribution in [-0.4, -0.2) is 96.7 Å². The van der Waals surface area contributed by atoms with E-state index in [2.05, 4.69) is 101 Å². The quantitative estimate of drug-likeness (QED) is 0.0169. The molecule has 5 unspecified atom stereocenters. The highest BCUT2D eigenvalue weighted by molar-refractivity contribution is 7.47. The van der Waals surface area contributed by atoms with E-state index in [1.165, 1.54) is 148 Å². The third-order valence-electron chi connectivity index (χ3n) is 18.2. The molecule has 0 aromatic heterocycles. The van der Waals surface area contributed by atoms with Crippen LogP contribution in [-0.2, 0) is 65.4 Å². The number of unbranched alkanes of at least 4 members (excludes halogenated alkanes) is 42. The molecule has 0 amide bonds. The summed E-state index contributed by atoms with van der Waals surface area (Å²) >= 11 is 0. The largest absolute Gasteiger partial charge is 0.472 e. The van der Waals surface area contributed by atoms with Crippen molar-refractivity contribution < 1.29 is 80.2 Å². The number of hydrogen-bond donors (Lipinski definition) is 3. The van der Waals surface area contributed by atoms with Gasteiger partial charge in [0.15, 0.2) is 12.2 Å². The number of aliphatic hydroxyl groups is 1. The minimum absolute atomic E-state index is 0.0970. The molecule has 606 valence electrons. The third kappa shape index (κ3) is 76.7. The first-order valence-corrected chi connectivity index (χ1v) is 45.2. The molecule has 0 radical (unpaired) electrons. The SMILES string of the molecule is CC/C=C\C/C=C\C/C=C\CCCCCCCC(=O)OCC(COP(=O)(O)OCC(O)COP(=O)(O)OCC(COC(=O)CCCCCCCC/C=C\C/C=C\C/C=C\CCCCC)OC(=O)CCCCCCCCCCCCCCCCC)OC(=O)CCCCCCCCCCCCCCCCC. The first kappa shape index (κ1) is 100. The maximum atomic E-state index is 13.1. The van der Waals surface area contributed by atoms with Gasteiger partial charge in [-0.1, -0.05) is 338 Å². The third-order valence-corrected chi connectivity index (χ3v) is 20.1. The molecule has 0 fully saturated rings. The van der Waals surface area contributed by atoms with Crippen LogP contribution < -0.4 is 0 Å². The van der Waals surface area contributed by atoms with Gasteiger partial charge in [-0.3, -0.25) is 37.3 Å². The van der Waals surface area contributed by atoms with Gasteiger partial charge >= 0.3 is 39.5 Å². The summed E-state index contributed by atoms with van der Waals surface area (Å²) in [6, 6.07) is 0. The Hall–Kier alpha value is -3.50. The maximum Gasteiger partial charge on any atom is 0.472 e. The number of aliphatic hydroxyl groups excluding tert-OH is 1. The smallest absolute Gasteiger partial charge is 0.462 e. The number of allylic oxidation sites excluding steroid dienone is 12. The Bertz CT molecular complexity index is 2250. The van der Waals surface area contributed by atoms with Crippen LogP contribution in [0, 0.1) is 0 Å². The van der Waals surface area contributed by atoms with E-state index in [1.807, 2.05) is 0 Å². The van der Waals surface area contributed by atoms with Gasteiger partial charge in [0, 0.05) is 25.7 Å². The molecule has 0 aliphatic rings. The van der Waals surface area contributed by atoms with Gasteiger partial charge in [0.1, 0.15) is 19.3 Å². The van der Waals surface area contributed by atoms with Crippen molar-refractivity contribution in [1.82, 2.24) is 0 Å². The van der Waals surface area contributed by atoms with Crippen molar-refractivity contribution in [2.24, 2.45) is 0 Å². The lowest BCUT2D eigenvalue weighted by Crippen LogP contribution is -2.30. The summed E-state index contributed by atoms with van der Waals surface area (Å²) in [6.07, 6.45) is 80.0. The van der Waals surface area contributed by atoms with Crippen LogP contribution >= 0.6 is 15.6 Å². The van der Waals surface area contributed by atoms with Gasteiger partial charge in [-0.05, 0) is 96.3 Å². The molecule has 0 bridgehead atoms. The summed E-state index contributed by atoms with van der Waals surface area (Å²) in [5, 5.41) is 10.7. The Morgan fingerprint density at radius 2 is 0.500 bits per heavy atom. The number of ether oxygens (including phenoxy) is 4. The Morgan fingerprint density at radius 1 is 0.279 bits per heavy atom. The number of esters is 4. The van der Waals surface area contributed by atoms with Gasteiger partial charge < -0.3 is 33.8 Å². The van der Waals surface area contributed by atoms with Crippen molar-refractivity contribution in [3.05, 3.63) is 72.9 Å². The number of phosphoric ester groups is 2. The Morgan fingerprint density at radius 3 is 0.788 bits per heavy atom. The number of carbonyl (C=O) groups is 4. The Balaban J connectivity index is 5.34. The monoisotopic (exact) mass is 1510 g/mol. The van der Waals surface area contributed by atoms with E-state index in [-0.39, 0.29) is 25.7 Å². The molecule has 0 aromatic carbocycles. The molecule has 0 rings (SSSR count). The van der Waals surface area contributed by atoms with Crippen LogP contribution in [0.15, 0.2) is 72.9 Å². The molecule has 0 aliphatic heterocycles. The van der Waals surface area contributed by atoms with Crippen molar-refractivity contribution in [3.8, 4) is 0 Å². The molecule has 17 nitrogen and oxygen atoms in total. The maximum absolute atomic E-state index is 13.1. The standard InChI is InChI=1S/C85H154O17P2/c1-5-9-13-17-21-25-29-33-37-38-39-40-44-46-50-54-58-62-66-70-83(88)96-76-81(102-85(90)72-68-64-60-56-52-48-43-36-32-28-24-20-16-12-8-4)78-100-104(93,94)98-74-79(86)73-97-103(91,92)99-77-80(101-84(89)71-67-63-59-55-51-47-42-35-31-27-23-19-15-11-7-3)75-95-82(87)69-65-61-57-53-49-45-41-34-30-26-22-18-14-10-6-2/h10,14,21-22,25-26,33-34,37,39-41,79-81,86H,5-9,11-13,15-20,23-24,27-32,35-36,38,42-78H2,1-4H3,(H,91,92)(H,93,94)/b14-10-,25-21-,26-22-,37-33-,40-39-,41-34-. The van der Waals surface area contributed by atoms with E-state index in [0.717, 1.165) is 161 Å². The summed E-state index contributed by atoms with van der Waals surface area (Å²) in [6.45, 7) is 4.80. The fourth-order valence-corrected chi connectivity index (χ4v) is 13.4. The lowest BCUT2D eigenvalue weighted by atomic mass is 10.0. The molecule has 104 heavy (non-hydrogen) atoms. The van der Waals surface area contributed by atoms with E-state index < -0.39 is 97.5 Å². The molecule has 0 saturated heterocycles. The Labute approximate surface area is 634 Å². The summed E-state index contributed by atoms with van der Waals surface area (Å²) < 4.78 is 68.8. The highest BCUT2D eigenvalue weighted by atomic mass is 31.2. The molecular weight excluding hydrogens is 1350 g/mol. The Kier molecular flexibility index (Phi) is 75.0. The number of rotatable bonds is 80. The number of carbonyl (C=O) groups excluding carboxylic acids is 4. The molecule has 19 heteroatoms. The van der Waals surface area contributed by atoms with E-state index in [1.54, 1.807) is 0 Å². The predicted octanol–water partition coefficient (Wildman–Crippen LogP) is 24.8. The first-order chi connectivity index (χ1) is 50.7. The van der Waals surface area contributed by atoms with Crippen LogP contribution in [0.2, 0.25) is 0 Å². The molecule has 0 aromatic rings. The first-order valence-electron chi connectivity index (χ1n) is 42.2. The fourth-order valence-electron chi connectivity index (χ4n) is 11.8. The van der Waals surface area contributed by atoms with Gasteiger partial charge in [0.2, 0.25) is 0 Å². The van der Waals surface area contributed by atoms with Gasteiger partial charge in [0.25, 0.3) is 0 Å². The lowest BCUT2D eigenvalue weighted by molar-refractivity contribution is -0.161. The highest BCUT2D eigenvalue weighted by Crippen LogP contribution is 2.45. The zero-order valence-electron chi connectivity index (χ0n) is 66.5. The van der Waals surface area contributed by atoms with Crippen molar-refractivity contribution in [1.29, 1.82) is 0 Å². The minimum Gasteiger partial charge on any atom is -0.462 e.